The van der Waals surface area contributed by atoms with Crippen molar-refractivity contribution in [2.24, 2.45) is 0 Å². The van der Waals surface area contributed by atoms with E-state index in [0.717, 1.165) is 21.3 Å². The van der Waals surface area contributed by atoms with Crippen LogP contribution in [-0.4, -0.2) is 18.5 Å². The lowest BCUT2D eigenvalue weighted by atomic mass is 10.0. The van der Waals surface area contributed by atoms with Gasteiger partial charge in [0.05, 0.1) is 17.8 Å². The van der Waals surface area contributed by atoms with Crippen LogP contribution in [0.3, 0.4) is 0 Å². The first-order valence-corrected chi connectivity index (χ1v) is 9.48. The molecule has 1 aliphatic rings. The van der Waals surface area contributed by atoms with Crippen LogP contribution in [0.25, 0.3) is 6.08 Å². The van der Waals surface area contributed by atoms with Gasteiger partial charge in [0, 0.05) is 15.9 Å². The molecular weight excluding hydrogens is 406 g/mol. The summed E-state index contributed by atoms with van der Waals surface area (Å²) in [6.07, 6.45) is 1.73. The number of aryl methyl sites for hydroxylation is 1. The van der Waals surface area contributed by atoms with Crippen molar-refractivity contribution in [2.75, 3.05) is 11.5 Å². The van der Waals surface area contributed by atoms with Gasteiger partial charge >= 0.3 is 5.97 Å². The minimum Gasteiger partial charge on any atom is -0.462 e. The van der Waals surface area contributed by atoms with Gasteiger partial charge in [0.15, 0.2) is 0 Å². The summed E-state index contributed by atoms with van der Waals surface area (Å²) >= 11 is 3.40. The summed E-state index contributed by atoms with van der Waals surface area (Å²) in [5, 5.41) is 0. The summed E-state index contributed by atoms with van der Waals surface area (Å²) in [5.41, 5.74) is 3.89. The highest BCUT2D eigenvalue weighted by molar-refractivity contribution is 9.10. The Labute approximate surface area is 167 Å². The molecule has 0 aliphatic carbocycles. The molecule has 0 bridgehead atoms. The SMILES string of the molecule is CCOC(=O)C1=C(C)N(c2ccc(C)cc2)C(=O)/C1=C\c1ccc(Br)cc1. The molecule has 0 N–H and O–H groups in total. The molecule has 4 nitrogen and oxygen atoms in total. The van der Waals surface area contributed by atoms with E-state index >= 15 is 0 Å². The number of carbonyl (C=O) groups is 2. The number of benzene rings is 2. The van der Waals surface area contributed by atoms with Crippen LogP contribution < -0.4 is 4.90 Å². The van der Waals surface area contributed by atoms with Crippen molar-refractivity contribution in [2.45, 2.75) is 20.8 Å². The molecule has 138 valence electrons. The quantitative estimate of drug-likeness (QED) is 0.509. The van der Waals surface area contributed by atoms with Gasteiger partial charge in [-0.15, -0.1) is 0 Å². The van der Waals surface area contributed by atoms with E-state index in [4.69, 9.17) is 4.74 Å². The number of carbonyl (C=O) groups excluding carboxylic acids is 2. The van der Waals surface area contributed by atoms with Gasteiger partial charge < -0.3 is 4.74 Å². The first-order chi connectivity index (χ1) is 12.9. The summed E-state index contributed by atoms with van der Waals surface area (Å²) in [4.78, 5) is 27.3. The van der Waals surface area contributed by atoms with Gasteiger partial charge in [0.2, 0.25) is 0 Å². The summed E-state index contributed by atoms with van der Waals surface area (Å²) in [7, 11) is 0. The monoisotopic (exact) mass is 425 g/mol. The van der Waals surface area contributed by atoms with Crippen LogP contribution in [0.5, 0.6) is 0 Å². The molecule has 0 saturated heterocycles. The van der Waals surface area contributed by atoms with Crippen LogP contribution >= 0.6 is 15.9 Å². The Morgan fingerprint density at radius 1 is 1.07 bits per heavy atom. The van der Waals surface area contributed by atoms with Crippen LogP contribution in [0.15, 0.2) is 69.8 Å². The van der Waals surface area contributed by atoms with Crippen molar-refractivity contribution in [1.29, 1.82) is 0 Å². The average molecular weight is 426 g/mol. The Kier molecular flexibility index (Phi) is 5.61. The molecular formula is C22H20BrNO3. The van der Waals surface area contributed by atoms with E-state index in [1.54, 1.807) is 24.8 Å². The van der Waals surface area contributed by atoms with E-state index < -0.39 is 5.97 Å². The third-order valence-corrected chi connectivity index (χ3v) is 4.88. The predicted molar refractivity (Wildman–Crippen MR) is 110 cm³/mol. The number of allylic oxidation sites excluding steroid dienone is 1. The molecule has 3 rings (SSSR count). The number of anilines is 1. The van der Waals surface area contributed by atoms with Gasteiger partial charge in [0.25, 0.3) is 5.91 Å². The number of ether oxygens (including phenoxy) is 1. The molecule has 0 fully saturated rings. The molecule has 27 heavy (non-hydrogen) atoms. The highest BCUT2D eigenvalue weighted by atomic mass is 79.9. The third-order valence-electron chi connectivity index (χ3n) is 4.35. The van der Waals surface area contributed by atoms with Gasteiger partial charge in [-0.1, -0.05) is 45.8 Å². The van der Waals surface area contributed by atoms with E-state index in [1.165, 1.54) is 0 Å². The third kappa shape index (κ3) is 3.88. The molecule has 1 amide bonds. The van der Waals surface area contributed by atoms with Gasteiger partial charge in [0.1, 0.15) is 0 Å². The number of nitrogens with zero attached hydrogens (tertiary/aromatic N) is 1. The number of hydrogen-bond donors (Lipinski definition) is 0. The maximum Gasteiger partial charge on any atom is 0.340 e. The van der Waals surface area contributed by atoms with Crippen LogP contribution in [0.4, 0.5) is 5.69 Å². The van der Waals surface area contributed by atoms with Gasteiger partial charge in [-0.05, 0) is 56.7 Å². The highest BCUT2D eigenvalue weighted by Gasteiger charge is 2.38. The largest absolute Gasteiger partial charge is 0.462 e. The molecule has 0 spiro atoms. The fourth-order valence-corrected chi connectivity index (χ4v) is 3.28. The van der Waals surface area contributed by atoms with E-state index in [-0.39, 0.29) is 12.5 Å². The lowest BCUT2D eigenvalue weighted by molar-refractivity contribution is -0.138. The fourth-order valence-electron chi connectivity index (χ4n) is 3.01. The average Bonchev–Trinajstić information content (AvgIpc) is 2.88. The molecule has 0 atom stereocenters. The van der Waals surface area contributed by atoms with Crippen LogP contribution in [0.2, 0.25) is 0 Å². The normalized spacial score (nSPS) is 15.6. The summed E-state index contributed by atoms with van der Waals surface area (Å²) in [5.74, 6) is -0.719. The van der Waals surface area contributed by atoms with Gasteiger partial charge in [-0.3, -0.25) is 9.69 Å². The molecule has 0 aromatic heterocycles. The van der Waals surface area contributed by atoms with Gasteiger partial charge in [-0.25, -0.2) is 4.79 Å². The first-order valence-electron chi connectivity index (χ1n) is 8.69. The molecule has 1 heterocycles. The Morgan fingerprint density at radius 2 is 1.70 bits per heavy atom. The topological polar surface area (TPSA) is 46.6 Å². The standard InChI is InChI=1S/C22H20BrNO3/c1-4-27-22(26)20-15(3)24(18-11-5-14(2)6-12-18)21(25)19(20)13-16-7-9-17(23)10-8-16/h5-13H,4H2,1-3H3/b19-13-. The minimum absolute atomic E-state index is 0.234. The zero-order valence-corrected chi connectivity index (χ0v) is 17.0. The zero-order valence-electron chi connectivity index (χ0n) is 15.5. The molecule has 0 radical (unpaired) electrons. The predicted octanol–water partition coefficient (Wildman–Crippen LogP) is 5.02. The maximum atomic E-state index is 13.2. The highest BCUT2D eigenvalue weighted by Crippen LogP contribution is 2.35. The second-order valence-corrected chi connectivity index (χ2v) is 7.18. The van der Waals surface area contributed by atoms with Crippen LogP contribution in [0, 0.1) is 6.92 Å². The van der Waals surface area contributed by atoms with E-state index in [2.05, 4.69) is 15.9 Å². The van der Waals surface area contributed by atoms with Crippen LogP contribution in [0.1, 0.15) is 25.0 Å². The Bertz CT molecular complexity index is 941. The van der Waals surface area contributed by atoms with Crippen molar-refractivity contribution in [3.05, 3.63) is 81.0 Å². The molecule has 2 aromatic carbocycles. The Hall–Kier alpha value is -2.66. The lowest BCUT2D eigenvalue weighted by Gasteiger charge is -2.18. The summed E-state index contributed by atoms with van der Waals surface area (Å²) in [6, 6.07) is 15.2. The van der Waals surface area contributed by atoms with Crippen molar-refractivity contribution >= 4 is 39.6 Å². The smallest absolute Gasteiger partial charge is 0.340 e. The van der Waals surface area contributed by atoms with E-state index in [1.807, 2.05) is 55.5 Å². The second-order valence-electron chi connectivity index (χ2n) is 6.27. The number of esters is 1. The summed E-state index contributed by atoms with van der Waals surface area (Å²) in [6.45, 7) is 5.76. The molecule has 2 aromatic rings. The van der Waals surface area contributed by atoms with Crippen molar-refractivity contribution < 1.29 is 14.3 Å². The molecule has 0 saturated carbocycles. The second kappa shape index (κ2) is 7.92. The van der Waals surface area contributed by atoms with Gasteiger partial charge in [-0.2, -0.15) is 0 Å². The number of rotatable bonds is 4. The minimum atomic E-state index is -0.485. The lowest BCUT2D eigenvalue weighted by Crippen LogP contribution is -2.24. The zero-order chi connectivity index (χ0) is 19.6. The Morgan fingerprint density at radius 3 is 2.30 bits per heavy atom. The summed E-state index contributed by atoms with van der Waals surface area (Å²) < 4.78 is 6.16. The number of amides is 1. The first kappa shape index (κ1) is 19.1. The number of halogens is 1. The maximum absolute atomic E-state index is 13.2. The van der Waals surface area contributed by atoms with Crippen molar-refractivity contribution in [3.63, 3.8) is 0 Å². The molecule has 5 heteroatoms. The molecule has 0 unspecified atom stereocenters. The van der Waals surface area contributed by atoms with Crippen LogP contribution in [-0.2, 0) is 14.3 Å². The Balaban J connectivity index is 2.11. The number of hydrogen-bond acceptors (Lipinski definition) is 3. The van der Waals surface area contributed by atoms with Crippen molar-refractivity contribution in [3.8, 4) is 0 Å². The van der Waals surface area contributed by atoms with Crippen molar-refractivity contribution in [1.82, 2.24) is 0 Å². The fraction of sp³-hybridized carbons (Fsp3) is 0.182. The van der Waals surface area contributed by atoms with E-state index in [9.17, 15) is 9.59 Å². The van der Waals surface area contributed by atoms with E-state index in [0.29, 0.717) is 16.8 Å². The molecule has 1 aliphatic heterocycles.